The largest absolute Gasteiger partial charge is 0.358 e. The molecule has 0 unspecified atom stereocenters. The van der Waals surface area contributed by atoms with E-state index in [1.807, 2.05) is 24.3 Å². The molecular weight excluding hydrogens is 250 g/mol. The minimum Gasteiger partial charge on any atom is -0.358 e. The molecule has 0 saturated carbocycles. The van der Waals surface area contributed by atoms with Crippen LogP contribution in [-0.4, -0.2) is 29.4 Å². The minimum absolute atomic E-state index is 0.0980. The van der Waals surface area contributed by atoms with Gasteiger partial charge in [-0.25, -0.2) is 0 Å². The van der Waals surface area contributed by atoms with Crippen LogP contribution in [0, 0.1) is 11.3 Å². The van der Waals surface area contributed by atoms with E-state index in [9.17, 15) is 4.79 Å². The smallest absolute Gasteiger partial charge is 0.254 e. The first-order chi connectivity index (χ1) is 9.70. The van der Waals surface area contributed by atoms with Gasteiger partial charge in [0.2, 0.25) is 0 Å². The summed E-state index contributed by atoms with van der Waals surface area (Å²) in [6.45, 7) is 0.113. The van der Waals surface area contributed by atoms with Crippen molar-refractivity contribution in [3.63, 3.8) is 0 Å². The van der Waals surface area contributed by atoms with Crippen molar-refractivity contribution in [2.45, 2.75) is 25.7 Å². The van der Waals surface area contributed by atoms with Gasteiger partial charge in [0.25, 0.3) is 5.91 Å². The fraction of sp³-hybridized carbons (Fsp3) is 0.375. The molecule has 1 amide bonds. The number of nitrogens with zero attached hydrogens (tertiary/aromatic N) is 2. The van der Waals surface area contributed by atoms with Gasteiger partial charge in [-0.1, -0.05) is 0 Å². The van der Waals surface area contributed by atoms with Gasteiger partial charge in [-0.2, -0.15) is 5.26 Å². The van der Waals surface area contributed by atoms with Crippen LogP contribution in [0.15, 0.2) is 18.2 Å². The molecule has 0 aliphatic heterocycles. The summed E-state index contributed by atoms with van der Waals surface area (Å²) in [5.41, 5.74) is 4.45. The van der Waals surface area contributed by atoms with Crippen LogP contribution in [0.25, 0.3) is 10.9 Å². The number of nitriles is 1. The summed E-state index contributed by atoms with van der Waals surface area (Å²) in [6, 6.07) is 7.77. The predicted molar refractivity (Wildman–Crippen MR) is 77.5 cm³/mol. The van der Waals surface area contributed by atoms with E-state index in [2.05, 4.69) is 4.98 Å². The van der Waals surface area contributed by atoms with E-state index in [1.165, 1.54) is 29.0 Å². The first-order valence-corrected chi connectivity index (χ1v) is 6.96. The number of amides is 1. The average molecular weight is 267 g/mol. The van der Waals surface area contributed by atoms with Crippen LogP contribution in [0.1, 0.15) is 34.5 Å². The standard InChI is InChI=1S/C16H17N3O/c1-19(9-8-17)16(20)11-6-7-15-13(10-11)12-4-2-3-5-14(12)18-15/h6-7,10,18H,2-5,9H2,1H3. The lowest BCUT2D eigenvalue weighted by molar-refractivity contribution is 0.0812. The predicted octanol–water partition coefficient (Wildman–Crippen LogP) is 2.64. The number of H-pyrrole nitrogens is 1. The third-order valence-electron chi connectivity index (χ3n) is 4.00. The molecule has 1 N–H and O–H groups in total. The van der Waals surface area contributed by atoms with Crippen LogP contribution < -0.4 is 0 Å². The Kier molecular flexibility index (Phi) is 3.19. The fourth-order valence-electron chi connectivity index (χ4n) is 2.94. The molecule has 4 nitrogen and oxygen atoms in total. The summed E-state index contributed by atoms with van der Waals surface area (Å²) >= 11 is 0. The topological polar surface area (TPSA) is 59.9 Å². The van der Waals surface area contributed by atoms with E-state index >= 15 is 0 Å². The maximum absolute atomic E-state index is 12.2. The Hall–Kier alpha value is -2.28. The van der Waals surface area contributed by atoms with Gasteiger partial charge >= 0.3 is 0 Å². The number of fused-ring (bicyclic) bond motifs is 3. The van der Waals surface area contributed by atoms with Crippen LogP contribution in [0.5, 0.6) is 0 Å². The summed E-state index contributed by atoms with van der Waals surface area (Å²) in [6.07, 6.45) is 4.63. The molecule has 0 spiro atoms. The first kappa shape index (κ1) is 12.7. The zero-order chi connectivity index (χ0) is 14.1. The van der Waals surface area contributed by atoms with Gasteiger partial charge in [0.05, 0.1) is 6.07 Å². The van der Waals surface area contributed by atoms with Crippen LogP contribution in [0.4, 0.5) is 0 Å². The Morgan fingerprint density at radius 2 is 2.20 bits per heavy atom. The number of aromatic amines is 1. The summed E-state index contributed by atoms with van der Waals surface area (Å²) < 4.78 is 0. The van der Waals surface area contributed by atoms with Crippen molar-refractivity contribution in [2.24, 2.45) is 0 Å². The summed E-state index contributed by atoms with van der Waals surface area (Å²) in [4.78, 5) is 17.1. The molecule has 0 saturated heterocycles. The van der Waals surface area contributed by atoms with E-state index in [0.29, 0.717) is 5.56 Å². The van der Waals surface area contributed by atoms with Gasteiger partial charge in [0, 0.05) is 29.2 Å². The molecule has 1 aliphatic rings. The molecule has 2 aromatic rings. The van der Waals surface area contributed by atoms with Crippen LogP contribution >= 0.6 is 0 Å². The average Bonchev–Trinajstić information content (AvgIpc) is 2.84. The maximum atomic E-state index is 12.2. The molecular formula is C16H17N3O. The molecule has 1 aromatic heterocycles. The highest BCUT2D eigenvalue weighted by Crippen LogP contribution is 2.29. The fourth-order valence-corrected chi connectivity index (χ4v) is 2.94. The number of hydrogen-bond acceptors (Lipinski definition) is 2. The maximum Gasteiger partial charge on any atom is 0.254 e. The number of benzene rings is 1. The number of nitrogens with one attached hydrogen (secondary N) is 1. The van der Waals surface area contributed by atoms with Gasteiger partial charge in [-0.05, 0) is 49.4 Å². The Labute approximate surface area is 118 Å². The minimum atomic E-state index is -0.0980. The number of carbonyl (C=O) groups excluding carboxylic acids is 1. The molecule has 4 heteroatoms. The lowest BCUT2D eigenvalue weighted by atomic mass is 9.95. The molecule has 0 fully saturated rings. The molecule has 20 heavy (non-hydrogen) atoms. The zero-order valence-electron chi connectivity index (χ0n) is 11.6. The van der Waals surface area contributed by atoms with E-state index in [-0.39, 0.29) is 12.5 Å². The number of aromatic nitrogens is 1. The first-order valence-electron chi connectivity index (χ1n) is 6.96. The lowest BCUT2D eigenvalue weighted by Crippen LogP contribution is -2.26. The Morgan fingerprint density at radius 3 is 3.00 bits per heavy atom. The third kappa shape index (κ3) is 2.05. The van der Waals surface area contributed by atoms with Crippen LogP contribution in [0.2, 0.25) is 0 Å². The normalized spacial score (nSPS) is 13.8. The van der Waals surface area contributed by atoms with E-state index in [4.69, 9.17) is 5.26 Å². The summed E-state index contributed by atoms with van der Waals surface area (Å²) in [5, 5.41) is 9.84. The van der Waals surface area contributed by atoms with Crippen molar-refractivity contribution in [1.82, 2.24) is 9.88 Å². The molecule has 0 radical (unpaired) electrons. The van der Waals surface area contributed by atoms with E-state index in [0.717, 1.165) is 23.7 Å². The lowest BCUT2D eigenvalue weighted by Gasteiger charge is -2.13. The van der Waals surface area contributed by atoms with Crippen molar-refractivity contribution >= 4 is 16.8 Å². The Balaban J connectivity index is 2.02. The van der Waals surface area contributed by atoms with Crippen molar-refractivity contribution in [3.05, 3.63) is 35.0 Å². The molecule has 102 valence electrons. The van der Waals surface area contributed by atoms with Gasteiger partial charge in [-0.15, -0.1) is 0 Å². The highest BCUT2D eigenvalue weighted by atomic mass is 16.2. The number of hydrogen-bond donors (Lipinski definition) is 1. The molecule has 1 aliphatic carbocycles. The van der Waals surface area contributed by atoms with Gasteiger partial charge in [0.15, 0.2) is 0 Å². The van der Waals surface area contributed by atoms with Gasteiger partial charge in [0.1, 0.15) is 6.54 Å². The van der Waals surface area contributed by atoms with Crippen molar-refractivity contribution in [3.8, 4) is 6.07 Å². The summed E-state index contributed by atoms with van der Waals surface area (Å²) in [5.74, 6) is -0.0980. The number of rotatable bonds is 2. The summed E-state index contributed by atoms with van der Waals surface area (Å²) in [7, 11) is 1.66. The number of aryl methyl sites for hydroxylation is 2. The second kappa shape index (κ2) is 5.01. The second-order valence-corrected chi connectivity index (χ2v) is 5.37. The second-order valence-electron chi connectivity index (χ2n) is 5.37. The van der Waals surface area contributed by atoms with Gasteiger partial charge in [-0.3, -0.25) is 4.79 Å². The van der Waals surface area contributed by atoms with E-state index in [1.54, 1.807) is 7.05 Å². The highest BCUT2D eigenvalue weighted by molar-refractivity contribution is 5.99. The molecule has 1 heterocycles. The quantitative estimate of drug-likeness (QED) is 0.850. The third-order valence-corrected chi connectivity index (χ3v) is 4.00. The monoisotopic (exact) mass is 267 g/mol. The van der Waals surface area contributed by atoms with Crippen molar-refractivity contribution in [2.75, 3.05) is 13.6 Å². The molecule has 3 rings (SSSR count). The zero-order valence-corrected chi connectivity index (χ0v) is 11.6. The van der Waals surface area contributed by atoms with E-state index < -0.39 is 0 Å². The SMILES string of the molecule is CN(CC#N)C(=O)c1ccc2[nH]c3c(c2c1)CCCC3. The molecule has 0 bridgehead atoms. The highest BCUT2D eigenvalue weighted by Gasteiger charge is 2.17. The van der Waals surface area contributed by atoms with Crippen LogP contribution in [0.3, 0.4) is 0 Å². The van der Waals surface area contributed by atoms with Crippen LogP contribution in [-0.2, 0) is 12.8 Å². The van der Waals surface area contributed by atoms with Crippen molar-refractivity contribution < 1.29 is 4.79 Å². The Morgan fingerprint density at radius 1 is 1.40 bits per heavy atom. The van der Waals surface area contributed by atoms with Gasteiger partial charge < -0.3 is 9.88 Å². The number of carbonyl (C=O) groups is 1. The Bertz CT molecular complexity index is 708. The van der Waals surface area contributed by atoms with Crippen molar-refractivity contribution in [1.29, 1.82) is 5.26 Å². The molecule has 0 atom stereocenters. The molecule has 1 aromatic carbocycles.